The fourth-order valence-electron chi connectivity index (χ4n) is 5.96. The second kappa shape index (κ2) is 12.7. The maximum Gasteiger partial charge on any atom is 4.00 e. The molecule has 5 rings (SSSR count). The normalized spacial score (nSPS) is 20.2. The predicted molar refractivity (Wildman–Crippen MR) is 137 cm³/mol. The van der Waals surface area contributed by atoms with Crippen LogP contribution in [-0.2, 0) is 25.8 Å². The Hall–Kier alpha value is -0.413. The quantitative estimate of drug-likeness (QED) is 0.346. The van der Waals surface area contributed by atoms with Crippen molar-refractivity contribution in [3.63, 3.8) is 0 Å². The van der Waals surface area contributed by atoms with E-state index in [1.165, 1.54) is 70.8 Å². The summed E-state index contributed by atoms with van der Waals surface area (Å²) in [7, 11) is -1.16. The Labute approximate surface area is 240 Å². The fraction of sp³-hybridized carbons (Fsp3) is 0.467. The van der Waals surface area contributed by atoms with E-state index in [2.05, 4.69) is 96.1 Å². The topological polar surface area (TPSA) is 0 Å². The Morgan fingerprint density at radius 1 is 0.971 bits per heavy atom. The van der Waals surface area contributed by atoms with Crippen LogP contribution >= 0.6 is 0 Å². The molecule has 1 atom stereocenters. The molecule has 1 fully saturated rings. The molecule has 0 nitrogen and oxygen atoms in total. The van der Waals surface area contributed by atoms with Gasteiger partial charge in [-0.05, 0) is 11.1 Å². The summed E-state index contributed by atoms with van der Waals surface area (Å²) >= 11 is 0. The Morgan fingerprint density at radius 2 is 1.62 bits per heavy atom. The monoisotopic (exact) mass is 676 g/mol. The molecular weight excluding hydrogens is 638 g/mol. The molecule has 0 N–H and O–H groups in total. The van der Waals surface area contributed by atoms with Crippen LogP contribution in [0.1, 0.15) is 77.5 Å². The predicted octanol–water partition coefficient (Wildman–Crippen LogP) is 2.91. The van der Waals surface area contributed by atoms with Gasteiger partial charge in [0.1, 0.15) is 0 Å². The Kier molecular flexibility index (Phi) is 11.8. The van der Waals surface area contributed by atoms with Crippen LogP contribution < -0.4 is 24.8 Å². The molecule has 2 aromatic rings. The van der Waals surface area contributed by atoms with E-state index in [4.69, 9.17) is 0 Å². The van der Waals surface area contributed by atoms with Gasteiger partial charge in [-0.2, -0.15) is 35.4 Å². The van der Waals surface area contributed by atoms with Gasteiger partial charge in [-0.1, -0.05) is 107 Å². The Balaban J connectivity index is 0.000000385. The van der Waals surface area contributed by atoms with E-state index in [-0.39, 0.29) is 56.1 Å². The summed E-state index contributed by atoms with van der Waals surface area (Å²) in [4.78, 5) is 0. The molecule has 3 aliphatic rings. The molecule has 1 heterocycles. The number of unbranched alkanes of at least 4 members (excludes halogenated alkanes) is 1. The molecule has 0 saturated carbocycles. The second-order valence-corrected chi connectivity index (χ2v) is 15.3. The Morgan fingerprint density at radius 3 is 2.12 bits per heavy atom. The van der Waals surface area contributed by atoms with Gasteiger partial charge < -0.3 is 24.8 Å². The van der Waals surface area contributed by atoms with Gasteiger partial charge in [0.05, 0.1) is 8.07 Å². The van der Waals surface area contributed by atoms with E-state index < -0.39 is 8.07 Å². The average Bonchev–Trinajstić information content (AvgIpc) is 3.15. The molecule has 0 bridgehead atoms. The second-order valence-electron chi connectivity index (χ2n) is 10.5. The van der Waals surface area contributed by atoms with Crippen LogP contribution in [0, 0.1) is 17.6 Å². The first-order valence-electron chi connectivity index (χ1n) is 12.2. The third kappa shape index (κ3) is 5.77. The zero-order chi connectivity index (χ0) is 22.2. The van der Waals surface area contributed by atoms with Crippen LogP contribution in [0.5, 0.6) is 0 Å². The minimum absolute atomic E-state index is 0. The Bertz CT molecular complexity index is 988. The van der Waals surface area contributed by atoms with Crippen molar-refractivity contribution in [2.45, 2.75) is 84.5 Å². The number of benzene rings is 2. The van der Waals surface area contributed by atoms with Crippen molar-refractivity contribution in [2.75, 3.05) is 0 Å². The van der Waals surface area contributed by atoms with Crippen molar-refractivity contribution in [1.82, 2.24) is 0 Å². The van der Waals surface area contributed by atoms with Crippen LogP contribution in [0.2, 0.25) is 18.1 Å². The van der Waals surface area contributed by atoms with E-state index in [0.29, 0.717) is 0 Å². The summed E-state index contributed by atoms with van der Waals surface area (Å²) in [5.74, 6) is 0. The van der Waals surface area contributed by atoms with Gasteiger partial charge in [0, 0.05) is 0 Å². The maximum atomic E-state index is 3.63. The van der Waals surface area contributed by atoms with Gasteiger partial charge in [0.25, 0.3) is 0 Å². The fourth-order valence-corrected chi connectivity index (χ4v) is 11.4. The number of rotatable bonds is 4. The first kappa shape index (κ1) is 31.6. The largest absolute Gasteiger partial charge is 4.00 e. The van der Waals surface area contributed by atoms with Crippen LogP contribution in [-0.4, -0.2) is 8.07 Å². The number of fused-ring (bicyclic) bond motifs is 3. The molecule has 0 spiro atoms. The molecule has 1 aliphatic heterocycles. The van der Waals surface area contributed by atoms with E-state index in [1.54, 1.807) is 5.56 Å². The summed E-state index contributed by atoms with van der Waals surface area (Å²) in [6.07, 6.45) is 7.67. The third-order valence-electron chi connectivity index (χ3n) is 8.29. The number of hydrogen-bond acceptors (Lipinski definition) is 0. The molecule has 180 valence electrons. The number of halogens is 2. The van der Waals surface area contributed by atoms with Crippen molar-refractivity contribution in [2.24, 2.45) is 5.41 Å². The molecule has 0 aromatic heterocycles. The van der Waals surface area contributed by atoms with Crippen molar-refractivity contribution in [1.29, 1.82) is 0 Å². The van der Waals surface area contributed by atoms with Crippen LogP contribution in [0.3, 0.4) is 0 Å². The number of allylic oxidation sites excluding steroid dienone is 4. The van der Waals surface area contributed by atoms with Crippen molar-refractivity contribution in [3.05, 3.63) is 82.5 Å². The zero-order valence-corrected chi connectivity index (χ0v) is 27.7. The molecule has 4 heteroatoms. The van der Waals surface area contributed by atoms with Gasteiger partial charge >= 0.3 is 25.8 Å². The van der Waals surface area contributed by atoms with E-state index in [0.717, 1.165) is 5.54 Å². The third-order valence-corrected chi connectivity index (χ3v) is 14.2. The summed E-state index contributed by atoms with van der Waals surface area (Å²) < 4.78 is 0. The first-order valence-corrected chi connectivity index (χ1v) is 14.9. The molecule has 2 aliphatic carbocycles. The van der Waals surface area contributed by atoms with Crippen LogP contribution in [0.25, 0.3) is 11.1 Å². The average molecular weight is 676 g/mol. The molecule has 1 unspecified atom stereocenters. The van der Waals surface area contributed by atoms with Crippen molar-refractivity contribution in [3.8, 4) is 11.1 Å². The van der Waals surface area contributed by atoms with Crippen LogP contribution in [0.4, 0.5) is 0 Å². The van der Waals surface area contributed by atoms with Gasteiger partial charge in [-0.3, -0.25) is 6.08 Å². The van der Waals surface area contributed by atoms with Crippen molar-refractivity contribution < 1.29 is 50.7 Å². The summed E-state index contributed by atoms with van der Waals surface area (Å²) in [6.45, 7) is 13.3. The van der Waals surface area contributed by atoms with Gasteiger partial charge in [0.2, 0.25) is 0 Å². The maximum absolute atomic E-state index is 3.63. The van der Waals surface area contributed by atoms with Gasteiger partial charge in [-0.15, -0.1) is 18.1 Å². The van der Waals surface area contributed by atoms with Gasteiger partial charge in [0.15, 0.2) is 0 Å². The molecule has 0 radical (unpaired) electrons. The summed E-state index contributed by atoms with van der Waals surface area (Å²) in [6, 6.07) is 24.0. The van der Waals surface area contributed by atoms with E-state index >= 15 is 0 Å². The SMILES string of the molecule is CC1=[C-]C(C)(C)C(C)=C1C.CCCC[Si]1(C2c3[c-]cccc3-c3ccccc32)CCC1.[Cl-].[Cl-].[Hf+4]. The smallest absolute Gasteiger partial charge is 1.00 e. The molecule has 0 amide bonds. The molecular formula is C30H38Cl2HfSi. The van der Waals surface area contributed by atoms with Crippen molar-refractivity contribution >= 4 is 8.07 Å². The molecule has 34 heavy (non-hydrogen) atoms. The first-order chi connectivity index (χ1) is 14.8. The molecule has 2 aromatic carbocycles. The molecule has 1 saturated heterocycles. The summed E-state index contributed by atoms with van der Waals surface area (Å²) in [5.41, 5.74) is 11.2. The van der Waals surface area contributed by atoms with E-state index in [1.807, 2.05) is 0 Å². The minimum Gasteiger partial charge on any atom is -1.00 e. The zero-order valence-electron chi connectivity index (χ0n) is 21.6. The van der Waals surface area contributed by atoms with Gasteiger partial charge in [-0.25, -0.2) is 5.57 Å². The minimum atomic E-state index is -1.16. The number of hydrogen-bond donors (Lipinski definition) is 0. The van der Waals surface area contributed by atoms with Crippen LogP contribution in [0.15, 0.2) is 59.2 Å². The van der Waals surface area contributed by atoms with E-state index in [9.17, 15) is 0 Å². The summed E-state index contributed by atoms with van der Waals surface area (Å²) in [5, 5.41) is 0. The standard InChI is InChI=1S/C20H23Si.C10H15.2ClH.Hf/c1-2-3-13-21(14-8-15-21)20-18-11-6-4-9-16(18)17-10-5-7-12-19(17)20;1-7-6-10(4,5)9(3)8(7)2;;;/h4-7,9-11,20H,2-3,8,13-15H2,1H3;1-5H3;2*1H;/q2*-1;;;+4/p-2.